The number of nitrogens with two attached hydrogens (primary N) is 1. The Balaban J connectivity index is 2.11. The SMILES string of the molecule is Nc1c(Oc2cccc3cccnc23)nc[nH]c1=O. The molecule has 0 radical (unpaired) electrons. The van der Waals surface area contributed by atoms with Crippen LogP contribution in [0.5, 0.6) is 11.6 Å². The zero-order valence-electron chi connectivity index (χ0n) is 9.83. The molecule has 0 saturated carbocycles. The van der Waals surface area contributed by atoms with Gasteiger partial charge in [-0.2, -0.15) is 0 Å². The maximum absolute atomic E-state index is 11.4. The van der Waals surface area contributed by atoms with Crippen molar-refractivity contribution in [2.45, 2.75) is 0 Å². The second-order valence-electron chi connectivity index (χ2n) is 3.88. The van der Waals surface area contributed by atoms with E-state index >= 15 is 0 Å². The Hall–Kier alpha value is -2.89. The number of benzene rings is 1. The third-order valence-corrected chi connectivity index (χ3v) is 2.65. The van der Waals surface area contributed by atoms with Crippen molar-refractivity contribution in [3.05, 3.63) is 53.2 Å². The largest absolute Gasteiger partial charge is 0.435 e. The van der Waals surface area contributed by atoms with Crippen LogP contribution in [0.3, 0.4) is 0 Å². The molecule has 0 unspecified atom stereocenters. The molecule has 6 heteroatoms. The van der Waals surface area contributed by atoms with Crippen molar-refractivity contribution in [1.82, 2.24) is 15.0 Å². The first-order chi connectivity index (χ1) is 9.25. The Bertz CT molecular complexity index is 793. The highest BCUT2D eigenvalue weighted by Crippen LogP contribution is 2.28. The van der Waals surface area contributed by atoms with E-state index in [1.54, 1.807) is 12.3 Å². The Morgan fingerprint density at radius 3 is 2.89 bits per heavy atom. The minimum Gasteiger partial charge on any atom is -0.435 e. The number of aromatic amines is 1. The molecule has 19 heavy (non-hydrogen) atoms. The molecular weight excluding hydrogens is 244 g/mol. The number of para-hydroxylation sites is 1. The highest BCUT2D eigenvalue weighted by atomic mass is 16.5. The summed E-state index contributed by atoms with van der Waals surface area (Å²) in [6, 6.07) is 9.26. The van der Waals surface area contributed by atoms with Gasteiger partial charge in [-0.15, -0.1) is 0 Å². The highest BCUT2D eigenvalue weighted by molar-refractivity contribution is 5.84. The fraction of sp³-hybridized carbons (Fsp3) is 0. The van der Waals surface area contributed by atoms with E-state index < -0.39 is 5.56 Å². The van der Waals surface area contributed by atoms with Gasteiger partial charge in [0.2, 0.25) is 5.88 Å². The molecule has 0 bridgehead atoms. The van der Waals surface area contributed by atoms with Crippen molar-refractivity contribution < 1.29 is 4.74 Å². The summed E-state index contributed by atoms with van der Waals surface area (Å²) in [6.45, 7) is 0. The van der Waals surface area contributed by atoms with Crippen LogP contribution in [0.25, 0.3) is 10.9 Å². The van der Waals surface area contributed by atoms with Crippen molar-refractivity contribution >= 4 is 16.6 Å². The van der Waals surface area contributed by atoms with Gasteiger partial charge in [-0.25, -0.2) is 4.98 Å². The summed E-state index contributed by atoms with van der Waals surface area (Å²) in [5.74, 6) is 0.574. The van der Waals surface area contributed by atoms with Gasteiger partial charge in [0.25, 0.3) is 5.56 Å². The lowest BCUT2D eigenvalue weighted by atomic mass is 10.2. The highest BCUT2D eigenvalue weighted by Gasteiger charge is 2.09. The molecule has 0 aliphatic carbocycles. The van der Waals surface area contributed by atoms with E-state index in [0.717, 1.165) is 5.39 Å². The van der Waals surface area contributed by atoms with Crippen molar-refractivity contribution in [3.8, 4) is 11.6 Å². The number of anilines is 1. The molecule has 3 rings (SSSR count). The molecule has 0 fully saturated rings. The molecule has 0 spiro atoms. The second-order valence-corrected chi connectivity index (χ2v) is 3.88. The lowest BCUT2D eigenvalue weighted by molar-refractivity contribution is 0.467. The quantitative estimate of drug-likeness (QED) is 0.725. The standard InChI is InChI=1S/C13H10N4O2/c14-10-12(18)16-7-17-13(10)19-9-5-1-3-8-4-2-6-15-11(8)9/h1-7H,14H2,(H,16,17,18). The minimum absolute atomic E-state index is 0.0598. The average molecular weight is 254 g/mol. The van der Waals surface area contributed by atoms with Crippen molar-refractivity contribution in [3.63, 3.8) is 0 Å². The van der Waals surface area contributed by atoms with Crippen LogP contribution in [0.4, 0.5) is 5.69 Å². The number of aromatic nitrogens is 3. The van der Waals surface area contributed by atoms with Crippen LogP contribution in [0, 0.1) is 0 Å². The molecule has 2 heterocycles. The molecule has 2 aromatic heterocycles. The number of ether oxygens (including phenoxy) is 1. The van der Waals surface area contributed by atoms with Gasteiger partial charge in [0.15, 0.2) is 11.4 Å². The zero-order valence-corrected chi connectivity index (χ0v) is 9.83. The third kappa shape index (κ3) is 1.99. The number of nitrogens with zero attached hydrogens (tertiary/aromatic N) is 2. The molecule has 0 aliphatic rings. The Labute approximate surface area is 107 Å². The van der Waals surface area contributed by atoms with Crippen LogP contribution in [-0.4, -0.2) is 15.0 Å². The molecule has 6 nitrogen and oxygen atoms in total. The van der Waals surface area contributed by atoms with E-state index in [9.17, 15) is 4.79 Å². The van der Waals surface area contributed by atoms with Crippen LogP contribution in [-0.2, 0) is 0 Å². The molecule has 0 saturated heterocycles. The van der Waals surface area contributed by atoms with Gasteiger partial charge in [0, 0.05) is 11.6 Å². The first-order valence-electron chi connectivity index (χ1n) is 5.60. The first kappa shape index (κ1) is 11.2. The topological polar surface area (TPSA) is 93.9 Å². The van der Waals surface area contributed by atoms with E-state index in [1.807, 2.05) is 24.3 Å². The summed E-state index contributed by atoms with van der Waals surface area (Å²) >= 11 is 0. The lowest BCUT2D eigenvalue weighted by Crippen LogP contribution is -2.13. The van der Waals surface area contributed by atoms with Gasteiger partial charge in [-0.05, 0) is 12.1 Å². The maximum atomic E-state index is 11.4. The fourth-order valence-electron chi connectivity index (χ4n) is 1.74. The normalized spacial score (nSPS) is 10.5. The summed E-state index contributed by atoms with van der Waals surface area (Å²) in [4.78, 5) is 21.9. The number of hydrogen-bond acceptors (Lipinski definition) is 5. The molecule has 1 aromatic carbocycles. The fourth-order valence-corrected chi connectivity index (χ4v) is 1.74. The Kier molecular flexibility index (Phi) is 2.60. The molecule has 0 amide bonds. The van der Waals surface area contributed by atoms with Gasteiger partial charge < -0.3 is 15.5 Å². The Morgan fingerprint density at radius 1 is 1.16 bits per heavy atom. The first-order valence-corrected chi connectivity index (χ1v) is 5.60. The molecule has 3 N–H and O–H groups in total. The monoisotopic (exact) mass is 254 g/mol. The van der Waals surface area contributed by atoms with Gasteiger partial charge in [-0.3, -0.25) is 9.78 Å². The number of hydrogen-bond donors (Lipinski definition) is 2. The Morgan fingerprint density at radius 2 is 2.00 bits per heavy atom. The summed E-state index contributed by atoms with van der Waals surface area (Å²) in [5.41, 5.74) is 5.82. The molecule has 3 aromatic rings. The van der Waals surface area contributed by atoms with Gasteiger partial charge >= 0.3 is 0 Å². The van der Waals surface area contributed by atoms with Crippen LogP contribution in [0.15, 0.2) is 47.7 Å². The van der Waals surface area contributed by atoms with E-state index in [2.05, 4.69) is 15.0 Å². The smallest absolute Gasteiger partial charge is 0.277 e. The molecule has 0 atom stereocenters. The summed E-state index contributed by atoms with van der Waals surface area (Å²) in [7, 11) is 0. The van der Waals surface area contributed by atoms with E-state index in [0.29, 0.717) is 11.3 Å². The van der Waals surface area contributed by atoms with E-state index in [4.69, 9.17) is 10.5 Å². The predicted molar refractivity (Wildman–Crippen MR) is 71.1 cm³/mol. The van der Waals surface area contributed by atoms with E-state index in [-0.39, 0.29) is 11.6 Å². The number of fused-ring (bicyclic) bond motifs is 1. The minimum atomic E-state index is -0.432. The third-order valence-electron chi connectivity index (χ3n) is 2.65. The van der Waals surface area contributed by atoms with Crippen molar-refractivity contribution in [2.24, 2.45) is 0 Å². The second kappa shape index (κ2) is 4.41. The lowest BCUT2D eigenvalue weighted by Gasteiger charge is -2.08. The van der Waals surface area contributed by atoms with Gasteiger partial charge in [0.1, 0.15) is 5.52 Å². The van der Waals surface area contributed by atoms with Crippen molar-refractivity contribution in [1.29, 1.82) is 0 Å². The number of nitrogen functional groups attached to an aromatic ring is 1. The summed E-state index contributed by atoms with van der Waals surface area (Å²) in [6.07, 6.45) is 2.91. The molecular formula is C13H10N4O2. The maximum Gasteiger partial charge on any atom is 0.277 e. The van der Waals surface area contributed by atoms with Crippen LogP contribution < -0.4 is 16.0 Å². The predicted octanol–water partition coefficient (Wildman–Crippen LogP) is 1.69. The van der Waals surface area contributed by atoms with Crippen LogP contribution >= 0.6 is 0 Å². The summed E-state index contributed by atoms with van der Waals surface area (Å²) in [5, 5.41) is 0.934. The van der Waals surface area contributed by atoms with Crippen LogP contribution in [0.2, 0.25) is 0 Å². The number of pyridine rings is 1. The number of nitrogens with one attached hydrogen (secondary N) is 1. The van der Waals surface area contributed by atoms with Crippen molar-refractivity contribution in [2.75, 3.05) is 5.73 Å². The number of H-pyrrole nitrogens is 1. The average Bonchev–Trinajstić information content (AvgIpc) is 2.44. The van der Waals surface area contributed by atoms with E-state index in [1.165, 1.54) is 6.33 Å². The number of rotatable bonds is 2. The van der Waals surface area contributed by atoms with Gasteiger partial charge in [0.05, 0.1) is 6.33 Å². The summed E-state index contributed by atoms with van der Waals surface area (Å²) < 4.78 is 5.58. The molecule has 94 valence electrons. The zero-order chi connectivity index (χ0) is 13.2. The van der Waals surface area contributed by atoms with Crippen LogP contribution in [0.1, 0.15) is 0 Å². The molecule has 0 aliphatic heterocycles. The van der Waals surface area contributed by atoms with Gasteiger partial charge in [-0.1, -0.05) is 18.2 Å².